The first-order chi connectivity index (χ1) is 8.49. The summed E-state index contributed by atoms with van der Waals surface area (Å²) in [4.78, 5) is 11.7. The zero-order valence-corrected chi connectivity index (χ0v) is 12.7. The standard InChI is InChI=1S/C10H15Cl2NO4S/c1-4-17-10(15-2,16-3)5-6-13-9(14)7(11)8(12)18-13/h4-6H2,1-3H3. The van der Waals surface area contributed by atoms with Gasteiger partial charge in [-0.2, -0.15) is 0 Å². The normalized spacial score (nSPS) is 12.1. The van der Waals surface area contributed by atoms with Gasteiger partial charge >= 0.3 is 0 Å². The number of hydrogen-bond donors (Lipinski definition) is 0. The van der Waals surface area contributed by atoms with Crippen molar-refractivity contribution < 1.29 is 14.2 Å². The Morgan fingerprint density at radius 3 is 2.33 bits per heavy atom. The number of halogens is 2. The Hall–Kier alpha value is -0.110. The van der Waals surface area contributed by atoms with Crippen molar-refractivity contribution in [3.8, 4) is 0 Å². The van der Waals surface area contributed by atoms with Gasteiger partial charge in [-0.1, -0.05) is 23.2 Å². The molecule has 0 bridgehead atoms. The molecule has 0 spiro atoms. The summed E-state index contributed by atoms with van der Waals surface area (Å²) in [5.74, 6) is -1.16. The van der Waals surface area contributed by atoms with E-state index in [2.05, 4.69) is 0 Å². The number of hydrogen-bond acceptors (Lipinski definition) is 5. The molecule has 0 saturated heterocycles. The van der Waals surface area contributed by atoms with Gasteiger partial charge in [0, 0.05) is 33.8 Å². The summed E-state index contributed by atoms with van der Waals surface area (Å²) in [6, 6.07) is 0. The average Bonchev–Trinajstić information content (AvgIpc) is 2.62. The monoisotopic (exact) mass is 315 g/mol. The number of methoxy groups -OCH3 is 2. The Morgan fingerprint density at radius 1 is 1.33 bits per heavy atom. The van der Waals surface area contributed by atoms with Crippen molar-refractivity contribution >= 4 is 34.7 Å². The van der Waals surface area contributed by atoms with Gasteiger partial charge in [-0.25, -0.2) is 0 Å². The van der Waals surface area contributed by atoms with Crippen molar-refractivity contribution in [2.24, 2.45) is 0 Å². The van der Waals surface area contributed by atoms with Gasteiger partial charge < -0.3 is 14.2 Å². The number of ether oxygens (including phenoxy) is 3. The van der Waals surface area contributed by atoms with Crippen molar-refractivity contribution in [2.45, 2.75) is 25.9 Å². The van der Waals surface area contributed by atoms with Crippen LogP contribution in [-0.2, 0) is 20.8 Å². The van der Waals surface area contributed by atoms with E-state index in [1.54, 1.807) is 0 Å². The molecule has 0 aromatic carbocycles. The van der Waals surface area contributed by atoms with E-state index < -0.39 is 5.97 Å². The van der Waals surface area contributed by atoms with Crippen LogP contribution in [0.4, 0.5) is 0 Å². The highest BCUT2D eigenvalue weighted by molar-refractivity contribution is 7.11. The molecule has 0 unspecified atom stereocenters. The van der Waals surface area contributed by atoms with Gasteiger partial charge in [-0.15, -0.1) is 0 Å². The van der Waals surface area contributed by atoms with Crippen molar-refractivity contribution in [2.75, 3.05) is 20.8 Å². The second kappa shape index (κ2) is 6.88. The van der Waals surface area contributed by atoms with Gasteiger partial charge in [0.05, 0.1) is 0 Å². The fourth-order valence-electron chi connectivity index (χ4n) is 1.45. The van der Waals surface area contributed by atoms with Crippen LogP contribution in [0.5, 0.6) is 0 Å². The first-order valence-corrected chi connectivity index (χ1v) is 6.82. The lowest BCUT2D eigenvalue weighted by Crippen LogP contribution is -2.38. The lowest BCUT2D eigenvalue weighted by molar-refractivity contribution is -0.364. The van der Waals surface area contributed by atoms with E-state index in [4.69, 9.17) is 37.4 Å². The maximum Gasteiger partial charge on any atom is 0.284 e. The summed E-state index contributed by atoms with van der Waals surface area (Å²) in [6.07, 6.45) is 0.348. The quantitative estimate of drug-likeness (QED) is 0.726. The highest BCUT2D eigenvalue weighted by Gasteiger charge is 2.30. The second-order valence-electron chi connectivity index (χ2n) is 3.36. The molecule has 1 heterocycles. The predicted octanol–water partition coefficient (Wildman–Crippen LogP) is 2.59. The molecule has 0 radical (unpaired) electrons. The Morgan fingerprint density at radius 2 is 1.94 bits per heavy atom. The Bertz CT molecular complexity index is 442. The molecular weight excluding hydrogens is 301 g/mol. The third-order valence-corrected chi connectivity index (χ3v) is 4.27. The van der Waals surface area contributed by atoms with E-state index in [0.29, 0.717) is 19.6 Å². The van der Waals surface area contributed by atoms with E-state index in [-0.39, 0.29) is 14.9 Å². The summed E-state index contributed by atoms with van der Waals surface area (Å²) in [7, 11) is 2.96. The largest absolute Gasteiger partial charge is 0.331 e. The fraction of sp³-hybridized carbons (Fsp3) is 0.700. The van der Waals surface area contributed by atoms with Crippen LogP contribution in [0.2, 0.25) is 9.36 Å². The summed E-state index contributed by atoms with van der Waals surface area (Å²) in [6.45, 7) is 2.61. The van der Waals surface area contributed by atoms with Gasteiger partial charge in [0.1, 0.15) is 9.36 Å². The van der Waals surface area contributed by atoms with Crippen LogP contribution in [0, 0.1) is 0 Å². The zero-order chi connectivity index (χ0) is 13.8. The van der Waals surface area contributed by atoms with Gasteiger partial charge in [-0.3, -0.25) is 8.75 Å². The minimum absolute atomic E-state index is 0.0403. The van der Waals surface area contributed by atoms with Crippen LogP contribution in [-0.4, -0.2) is 30.8 Å². The van der Waals surface area contributed by atoms with Gasteiger partial charge in [0.15, 0.2) is 0 Å². The zero-order valence-electron chi connectivity index (χ0n) is 10.4. The molecule has 104 valence electrons. The summed E-state index contributed by atoms with van der Waals surface area (Å²) >= 11 is 12.6. The van der Waals surface area contributed by atoms with E-state index >= 15 is 0 Å². The molecule has 1 aromatic rings. The van der Waals surface area contributed by atoms with Crippen LogP contribution in [0.3, 0.4) is 0 Å². The SMILES string of the molecule is CCOC(CCn1sc(Cl)c(Cl)c1=O)(OC)OC. The van der Waals surface area contributed by atoms with E-state index in [0.717, 1.165) is 11.5 Å². The molecule has 0 saturated carbocycles. The lowest BCUT2D eigenvalue weighted by atomic mass is 10.3. The fourth-order valence-corrected chi connectivity index (χ4v) is 2.76. The maximum absolute atomic E-state index is 11.7. The molecule has 0 fully saturated rings. The molecule has 0 amide bonds. The summed E-state index contributed by atoms with van der Waals surface area (Å²) in [5.41, 5.74) is -0.315. The number of aryl methyl sites for hydroxylation is 1. The van der Waals surface area contributed by atoms with Crippen LogP contribution >= 0.6 is 34.7 Å². The predicted molar refractivity (Wildman–Crippen MR) is 71.6 cm³/mol. The molecule has 5 nitrogen and oxygen atoms in total. The molecule has 8 heteroatoms. The first kappa shape index (κ1) is 15.9. The van der Waals surface area contributed by atoms with Crippen molar-refractivity contribution in [1.82, 2.24) is 3.96 Å². The molecule has 18 heavy (non-hydrogen) atoms. The average molecular weight is 316 g/mol. The van der Waals surface area contributed by atoms with E-state index in [1.807, 2.05) is 6.92 Å². The number of nitrogens with zero attached hydrogens (tertiary/aromatic N) is 1. The highest BCUT2D eigenvalue weighted by atomic mass is 35.5. The number of aromatic nitrogens is 1. The highest BCUT2D eigenvalue weighted by Crippen LogP contribution is 2.25. The molecular formula is C10H15Cl2NO4S. The smallest absolute Gasteiger partial charge is 0.284 e. The number of rotatable bonds is 7. The van der Waals surface area contributed by atoms with Crippen LogP contribution in [0.1, 0.15) is 13.3 Å². The Labute approximate surface area is 119 Å². The topological polar surface area (TPSA) is 49.7 Å². The van der Waals surface area contributed by atoms with Crippen LogP contribution < -0.4 is 5.56 Å². The third kappa shape index (κ3) is 3.46. The third-order valence-electron chi connectivity index (χ3n) is 2.38. The van der Waals surface area contributed by atoms with Gasteiger partial charge in [-0.05, 0) is 18.5 Å². The molecule has 0 N–H and O–H groups in total. The summed E-state index contributed by atoms with van der Waals surface area (Å²) in [5, 5.41) is 0.0403. The molecule has 0 aliphatic rings. The second-order valence-corrected chi connectivity index (χ2v) is 5.37. The minimum atomic E-state index is -1.16. The van der Waals surface area contributed by atoms with Crippen LogP contribution in [0.25, 0.3) is 0 Å². The lowest BCUT2D eigenvalue weighted by Gasteiger charge is -2.29. The van der Waals surface area contributed by atoms with Crippen molar-refractivity contribution in [3.63, 3.8) is 0 Å². The summed E-state index contributed by atoms with van der Waals surface area (Å²) < 4.78 is 17.5. The van der Waals surface area contributed by atoms with E-state index in [1.165, 1.54) is 18.2 Å². The molecule has 1 rings (SSSR count). The van der Waals surface area contributed by atoms with Gasteiger partial charge in [0.25, 0.3) is 11.5 Å². The van der Waals surface area contributed by atoms with Gasteiger partial charge in [0.2, 0.25) is 0 Å². The molecule has 0 aliphatic heterocycles. The molecule has 1 aromatic heterocycles. The Balaban J connectivity index is 2.79. The Kier molecular flexibility index (Phi) is 6.10. The van der Waals surface area contributed by atoms with Crippen molar-refractivity contribution in [1.29, 1.82) is 0 Å². The van der Waals surface area contributed by atoms with Crippen molar-refractivity contribution in [3.05, 3.63) is 19.7 Å². The maximum atomic E-state index is 11.7. The molecule has 0 atom stereocenters. The van der Waals surface area contributed by atoms with E-state index in [9.17, 15) is 4.79 Å². The molecule has 0 aliphatic carbocycles. The first-order valence-electron chi connectivity index (χ1n) is 5.29. The van der Waals surface area contributed by atoms with Crippen LogP contribution in [0.15, 0.2) is 4.79 Å². The minimum Gasteiger partial charge on any atom is -0.331 e.